The Hall–Kier alpha value is -2.61. The molecule has 4 N–H and O–H groups in total. The zero-order valence-electron chi connectivity index (χ0n) is 15.7. The number of urea groups is 1. The number of carbonyl (C=O) groups excluding carboxylic acids is 3. The molecule has 1 aromatic carbocycles. The van der Waals surface area contributed by atoms with Gasteiger partial charge in [-0.25, -0.2) is 4.79 Å². The third-order valence-electron chi connectivity index (χ3n) is 5.10. The Balaban J connectivity index is 1.58. The van der Waals surface area contributed by atoms with Crippen LogP contribution in [0.15, 0.2) is 24.3 Å². The van der Waals surface area contributed by atoms with Gasteiger partial charge in [-0.3, -0.25) is 9.59 Å². The average Bonchev–Trinajstić information content (AvgIpc) is 3.02. The molecule has 2 heterocycles. The van der Waals surface area contributed by atoms with Crippen molar-refractivity contribution in [3.8, 4) is 0 Å². The number of nitrogens with zero attached hydrogens (tertiary/aromatic N) is 1. The fraction of sp³-hybridized carbons (Fsp3) is 0.526. The van der Waals surface area contributed by atoms with E-state index in [-0.39, 0.29) is 30.4 Å². The molecule has 0 aliphatic carbocycles. The zero-order valence-corrected chi connectivity index (χ0v) is 15.7. The van der Waals surface area contributed by atoms with Crippen LogP contribution in [0.4, 0.5) is 10.5 Å². The first kappa shape index (κ1) is 19.2. The molecule has 1 aromatic rings. The summed E-state index contributed by atoms with van der Waals surface area (Å²) in [5.74, 6) is -0.198. The van der Waals surface area contributed by atoms with E-state index in [1.165, 1.54) is 17.4 Å². The minimum atomic E-state index is -0.966. The Labute approximate surface area is 158 Å². The molecule has 2 aliphatic rings. The van der Waals surface area contributed by atoms with Gasteiger partial charge < -0.3 is 26.0 Å². The van der Waals surface area contributed by atoms with Crippen LogP contribution in [0.5, 0.6) is 0 Å². The van der Waals surface area contributed by atoms with Gasteiger partial charge in [0.05, 0.1) is 12.1 Å². The highest BCUT2D eigenvalue weighted by molar-refractivity contribution is 5.98. The number of aliphatic hydroxyl groups is 1. The lowest BCUT2D eigenvalue weighted by Gasteiger charge is -2.35. The molecule has 2 fully saturated rings. The van der Waals surface area contributed by atoms with Gasteiger partial charge in [0.25, 0.3) is 0 Å². The smallest absolute Gasteiger partial charge is 0.319 e. The highest BCUT2D eigenvalue weighted by atomic mass is 16.3. The minimum absolute atomic E-state index is 0.250. The van der Waals surface area contributed by atoms with Crippen LogP contribution in [0.3, 0.4) is 0 Å². The Morgan fingerprint density at radius 2 is 1.89 bits per heavy atom. The summed E-state index contributed by atoms with van der Waals surface area (Å²) in [6.07, 6.45) is -0.615. The van der Waals surface area contributed by atoms with Crippen LogP contribution >= 0.6 is 0 Å². The number of rotatable bonds is 4. The summed E-state index contributed by atoms with van der Waals surface area (Å²) in [6, 6.07) is 5.38. The monoisotopic (exact) mass is 374 g/mol. The van der Waals surface area contributed by atoms with Crippen LogP contribution in [0.2, 0.25) is 0 Å². The van der Waals surface area contributed by atoms with Crippen molar-refractivity contribution < 1.29 is 19.5 Å². The molecule has 0 radical (unpaired) electrons. The van der Waals surface area contributed by atoms with Crippen LogP contribution in [0.1, 0.15) is 38.7 Å². The number of benzene rings is 1. The lowest BCUT2D eigenvalue weighted by molar-refractivity contribution is -0.149. The molecule has 2 aliphatic heterocycles. The molecule has 27 heavy (non-hydrogen) atoms. The number of carbonyl (C=O) groups is 3. The van der Waals surface area contributed by atoms with Gasteiger partial charge in [0, 0.05) is 12.2 Å². The molecule has 3 rings (SSSR count). The molecular formula is C19H26N4O4. The van der Waals surface area contributed by atoms with Gasteiger partial charge in [-0.2, -0.15) is 0 Å². The number of nitrogens with one attached hydrogen (secondary N) is 3. The summed E-state index contributed by atoms with van der Waals surface area (Å²) in [7, 11) is 0. The number of hydrogen-bond donors (Lipinski definition) is 4. The van der Waals surface area contributed by atoms with E-state index in [0.29, 0.717) is 18.0 Å². The maximum Gasteiger partial charge on any atom is 0.319 e. The second-order valence-electron chi connectivity index (χ2n) is 7.54. The number of anilines is 1. The van der Waals surface area contributed by atoms with Gasteiger partial charge in [0.15, 0.2) is 0 Å². The van der Waals surface area contributed by atoms with E-state index in [0.717, 1.165) is 0 Å². The zero-order chi connectivity index (χ0) is 19.7. The summed E-state index contributed by atoms with van der Waals surface area (Å²) >= 11 is 0. The van der Waals surface area contributed by atoms with Crippen molar-refractivity contribution in [2.24, 2.45) is 0 Å². The fourth-order valence-corrected chi connectivity index (χ4v) is 3.55. The van der Waals surface area contributed by atoms with Crippen LogP contribution < -0.4 is 16.0 Å². The first-order valence-electron chi connectivity index (χ1n) is 9.22. The van der Waals surface area contributed by atoms with Gasteiger partial charge in [-0.15, -0.1) is 0 Å². The van der Waals surface area contributed by atoms with Crippen molar-refractivity contribution in [1.29, 1.82) is 0 Å². The predicted octanol–water partition coefficient (Wildman–Crippen LogP) is 0.780. The number of fused-ring (bicyclic) bond motifs is 1. The molecule has 0 spiro atoms. The Kier molecular flexibility index (Phi) is 5.36. The topological polar surface area (TPSA) is 111 Å². The number of hydrogen-bond acceptors (Lipinski definition) is 4. The normalized spacial score (nSPS) is 25.8. The van der Waals surface area contributed by atoms with Crippen molar-refractivity contribution in [2.45, 2.75) is 57.3 Å². The molecule has 146 valence electrons. The molecule has 0 unspecified atom stereocenters. The van der Waals surface area contributed by atoms with E-state index in [1.807, 2.05) is 24.3 Å². The van der Waals surface area contributed by atoms with Crippen molar-refractivity contribution >= 4 is 23.5 Å². The Bertz CT molecular complexity index is 732. The number of piperazine rings is 1. The van der Waals surface area contributed by atoms with E-state index >= 15 is 0 Å². The van der Waals surface area contributed by atoms with Gasteiger partial charge in [0.1, 0.15) is 12.1 Å². The highest BCUT2D eigenvalue weighted by Gasteiger charge is 2.47. The van der Waals surface area contributed by atoms with E-state index in [9.17, 15) is 19.5 Å². The van der Waals surface area contributed by atoms with Crippen molar-refractivity contribution in [2.75, 3.05) is 11.9 Å². The average molecular weight is 374 g/mol. The molecule has 8 heteroatoms. The summed E-state index contributed by atoms with van der Waals surface area (Å²) in [6.45, 7) is 5.92. The maximum atomic E-state index is 12.4. The number of amides is 4. The highest BCUT2D eigenvalue weighted by Crippen LogP contribution is 2.24. The predicted molar refractivity (Wildman–Crippen MR) is 100 cm³/mol. The molecule has 8 nitrogen and oxygen atoms in total. The van der Waals surface area contributed by atoms with Crippen molar-refractivity contribution in [3.63, 3.8) is 0 Å². The summed E-state index contributed by atoms with van der Waals surface area (Å²) in [5.41, 5.74) is 1.86. The lowest BCUT2D eigenvalue weighted by Crippen LogP contribution is -2.64. The first-order chi connectivity index (χ1) is 12.8. The molecule has 0 saturated carbocycles. The van der Waals surface area contributed by atoms with Crippen LogP contribution in [-0.4, -0.2) is 58.6 Å². The van der Waals surface area contributed by atoms with E-state index in [4.69, 9.17) is 0 Å². The van der Waals surface area contributed by atoms with E-state index < -0.39 is 18.2 Å². The van der Waals surface area contributed by atoms with Gasteiger partial charge in [-0.1, -0.05) is 26.0 Å². The van der Waals surface area contributed by atoms with Crippen molar-refractivity contribution in [3.05, 3.63) is 29.8 Å². The maximum absolute atomic E-state index is 12.4. The molecule has 4 amide bonds. The summed E-state index contributed by atoms with van der Waals surface area (Å²) in [4.78, 5) is 38.3. The summed E-state index contributed by atoms with van der Waals surface area (Å²) in [5, 5.41) is 17.8. The Morgan fingerprint density at radius 1 is 1.22 bits per heavy atom. The van der Waals surface area contributed by atoms with Crippen LogP contribution in [0, 0.1) is 0 Å². The quantitative estimate of drug-likeness (QED) is 0.624. The third kappa shape index (κ3) is 4.05. The molecule has 2 saturated heterocycles. The SMILES string of the molecule is CC(C)c1ccc(NC(=O)N[C@H]2C[C@H]3C(=O)N[C@@H]([C@@H](C)O)C(=O)N3C2)cc1. The van der Waals surface area contributed by atoms with E-state index in [1.54, 1.807) is 0 Å². The van der Waals surface area contributed by atoms with E-state index in [2.05, 4.69) is 29.8 Å². The van der Waals surface area contributed by atoms with Gasteiger partial charge in [0.2, 0.25) is 11.8 Å². The minimum Gasteiger partial charge on any atom is -0.391 e. The first-order valence-corrected chi connectivity index (χ1v) is 9.22. The molecule has 4 atom stereocenters. The largest absolute Gasteiger partial charge is 0.391 e. The van der Waals surface area contributed by atoms with Gasteiger partial charge in [-0.05, 0) is 37.0 Å². The lowest BCUT2D eigenvalue weighted by atomic mass is 10.0. The van der Waals surface area contributed by atoms with Crippen molar-refractivity contribution in [1.82, 2.24) is 15.5 Å². The standard InChI is InChI=1S/C19H26N4O4/c1-10(2)12-4-6-13(7-5-12)20-19(27)21-14-8-15-17(25)22-16(11(3)24)18(26)23(15)9-14/h4-7,10-11,14-16,24H,8-9H2,1-3H3,(H,22,25)(H2,20,21,27)/t11-,14+,15+,16+/m1/s1. The Morgan fingerprint density at radius 3 is 2.48 bits per heavy atom. The van der Waals surface area contributed by atoms with Crippen LogP contribution in [0.25, 0.3) is 0 Å². The fourth-order valence-electron chi connectivity index (χ4n) is 3.55. The molecular weight excluding hydrogens is 348 g/mol. The molecule has 0 bridgehead atoms. The third-order valence-corrected chi connectivity index (χ3v) is 5.10. The van der Waals surface area contributed by atoms with Gasteiger partial charge >= 0.3 is 6.03 Å². The second-order valence-corrected chi connectivity index (χ2v) is 7.54. The number of aliphatic hydroxyl groups excluding tert-OH is 1. The van der Waals surface area contributed by atoms with Crippen LogP contribution in [-0.2, 0) is 9.59 Å². The summed E-state index contributed by atoms with van der Waals surface area (Å²) < 4.78 is 0. The molecule has 0 aromatic heterocycles. The second kappa shape index (κ2) is 7.56.